The fourth-order valence-corrected chi connectivity index (χ4v) is 2.56. The van der Waals surface area contributed by atoms with Crippen LogP contribution in [0.1, 0.15) is 16.2 Å². The molecule has 0 spiro atoms. The van der Waals surface area contributed by atoms with Crippen LogP contribution < -0.4 is 5.32 Å². The Labute approximate surface area is 149 Å². The van der Waals surface area contributed by atoms with E-state index in [-0.39, 0.29) is 5.91 Å². The molecule has 0 unspecified atom stereocenters. The molecule has 1 N–H and O–H groups in total. The second-order valence-corrected chi connectivity index (χ2v) is 5.65. The van der Waals surface area contributed by atoms with Crippen molar-refractivity contribution >= 4 is 11.6 Å². The molecule has 0 aliphatic rings. The van der Waals surface area contributed by atoms with E-state index in [1.54, 1.807) is 42.1 Å². The first kappa shape index (κ1) is 15.8. The number of para-hydroxylation sites is 2. The number of aryl methyl sites for hydroxylation is 1. The molecule has 4 rings (SSSR count). The van der Waals surface area contributed by atoms with Gasteiger partial charge in [0, 0.05) is 23.5 Å². The van der Waals surface area contributed by atoms with Gasteiger partial charge in [-0.1, -0.05) is 17.3 Å². The van der Waals surface area contributed by atoms with Gasteiger partial charge in [0.2, 0.25) is 0 Å². The van der Waals surface area contributed by atoms with Crippen LogP contribution in [0.4, 0.5) is 5.69 Å². The lowest BCUT2D eigenvalue weighted by molar-refractivity contribution is 0.102. The Bertz CT molecular complexity index is 1040. The van der Waals surface area contributed by atoms with Crippen LogP contribution >= 0.6 is 0 Å². The van der Waals surface area contributed by atoms with Crippen LogP contribution in [0, 0.1) is 6.92 Å². The van der Waals surface area contributed by atoms with Gasteiger partial charge in [-0.25, -0.2) is 4.68 Å². The molecular formula is C19H15N5O2. The van der Waals surface area contributed by atoms with Crippen molar-refractivity contribution in [3.05, 3.63) is 78.4 Å². The molecule has 0 bridgehead atoms. The number of aromatic nitrogens is 4. The summed E-state index contributed by atoms with van der Waals surface area (Å²) in [5.74, 6) is 0.786. The van der Waals surface area contributed by atoms with Gasteiger partial charge in [0.25, 0.3) is 11.8 Å². The predicted octanol–water partition coefficient (Wildman–Crippen LogP) is 3.48. The monoisotopic (exact) mass is 345 g/mol. The molecule has 0 fully saturated rings. The van der Waals surface area contributed by atoms with Crippen LogP contribution in [-0.4, -0.2) is 25.8 Å². The number of anilines is 1. The van der Waals surface area contributed by atoms with E-state index in [2.05, 4.69) is 20.6 Å². The van der Waals surface area contributed by atoms with Gasteiger partial charge in [0.15, 0.2) is 5.82 Å². The number of hydrogen-bond acceptors (Lipinski definition) is 5. The topological polar surface area (TPSA) is 85.8 Å². The first-order valence-electron chi connectivity index (χ1n) is 8.02. The van der Waals surface area contributed by atoms with Crippen molar-refractivity contribution in [1.29, 1.82) is 0 Å². The van der Waals surface area contributed by atoms with Gasteiger partial charge in [-0.05, 0) is 49.4 Å². The fraction of sp³-hybridized carbons (Fsp3) is 0.0526. The second kappa shape index (κ2) is 6.64. The van der Waals surface area contributed by atoms with Crippen molar-refractivity contribution < 1.29 is 9.32 Å². The van der Waals surface area contributed by atoms with Gasteiger partial charge in [-0.2, -0.15) is 10.1 Å². The first-order chi connectivity index (χ1) is 12.7. The van der Waals surface area contributed by atoms with Crippen LogP contribution in [0.15, 0.2) is 71.5 Å². The molecule has 4 aromatic rings. The third-order valence-electron chi connectivity index (χ3n) is 3.83. The Morgan fingerprint density at radius 3 is 2.58 bits per heavy atom. The summed E-state index contributed by atoms with van der Waals surface area (Å²) in [6, 6.07) is 16.3. The van der Waals surface area contributed by atoms with E-state index in [0.29, 0.717) is 23.0 Å². The normalized spacial score (nSPS) is 10.7. The highest BCUT2D eigenvalue weighted by molar-refractivity contribution is 6.05. The summed E-state index contributed by atoms with van der Waals surface area (Å²) >= 11 is 0. The average Bonchev–Trinajstić information content (AvgIpc) is 3.34. The Kier molecular flexibility index (Phi) is 4.03. The molecule has 0 atom stereocenters. The Morgan fingerprint density at radius 2 is 1.88 bits per heavy atom. The van der Waals surface area contributed by atoms with Crippen molar-refractivity contribution in [2.24, 2.45) is 0 Å². The highest BCUT2D eigenvalue weighted by Gasteiger charge is 2.12. The smallest absolute Gasteiger partial charge is 0.257 e. The minimum absolute atomic E-state index is 0.210. The number of rotatable bonds is 4. The molecular weight excluding hydrogens is 330 g/mol. The minimum atomic E-state index is -0.210. The maximum absolute atomic E-state index is 12.6. The zero-order valence-corrected chi connectivity index (χ0v) is 14.0. The number of amides is 1. The molecule has 2 aromatic heterocycles. The average molecular weight is 345 g/mol. The van der Waals surface area contributed by atoms with Gasteiger partial charge in [-0.3, -0.25) is 4.79 Å². The molecule has 0 aliphatic heterocycles. The van der Waals surface area contributed by atoms with Crippen LogP contribution in [0.3, 0.4) is 0 Å². The standard InChI is InChI=1S/C19H15N5O2/c1-13-21-19(26-23-13)15-9-7-14(8-10-15)18(25)22-16-5-2-3-6-17(16)24-12-4-11-20-24/h2-12H,1H3,(H,22,25). The predicted molar refractivity (Wildman–Crippen MR) is 96.0 cm³/mol. The summed E-state index contributed by atoms with van der Waals surface area (Å²) in [7, 11) is 0. The van der Waals surface area contributed by atoms with Gasteiger partial charge in [0.05, 0.1) is 11.4 Å². The summed E-state index contributed by atoms with van der Waals surface area (Å²) < 4.78 is 6.84. The number of nitrogens with one attached hydrogen (secondary N) is 1. The Hall–Kier alpha value is -3.74. The van der Waals surface area contributed by atoms with E-state index in [1.807, 2.05) is 36.5 Å². The minimum Gasteiger partial charge on any atom is -0.334 e. The van der Waals surface area contributed by atoms with E-state index in [9.17, 15) is 4.79 Å². The lowest BCUT2D eigenvalue weighted by Crippen LogP contribution is -2.13. The molecule has 0 saturated heterocycles. The van der Waals surface area contributed by atoms with Crippen LogP contribution in [0.25, 0.3) is 17.1 Å². The van der Waals surface area contributed by atoms with Gasteiger partial charge in [-0.15, -0.1) is 0 Å². The largest absolute Gasteiger partial charge is 0.334 e. The molecule has 0 aliphatic carbocycles. The maximum atomic E-state index is 12.6. The van der Waals surface area contributed by atoms with Crippen molar-refractivity contribution in [2.75, 3.05) is 5.32 Å². The molecule has 0 radical (unpaired) electrons. The maximum Gasteiger partial charge on any atom is 0.257 e. The number of carbonyl (C=O) groups excluding carboxylic acids is 1. The molecule has 128 valence electrons. The van der Waals surface area contributed by atoms with E-state index in [4.69, 9.17) is 4.52 Å². The molecule has 2 heterocycles. The Morgan fingerprint density at radius 1 is 1.08 bits per heavy atom. The van der Waals surface area contributed by atoms with Crippen LogP contribution in [0.5, 0.6) is 0 Å². The summed E-state index contributed by atoms with van der Waals surface area (Å²) in [6.45, 7) is 1.76. The molecule has 0 saturated carbocycles. The van der Waals surface area contributed by atoms with Crippen LogP contribution in [0.2, 0.25) is 0 Å². The lowest BCUT2D eigenvalue weighted by Gasteiger charge is -2.11. The van der Waals surface area contributed by atoms with E-state index < -0.39 is 0 Å². The molecule has 7 nitrogen and oxygen atoms in total. The number of carbonyl (C=O) groups is 1. The van der Waals surface area contributed by atoms with Gasteiger partial charge >= 0.3 is 0 Å². The van der Waals surface area contributed by atoms with Gasteiger partial charge < -0.3 is 9.84 Å². The van der Waals surface area contributed by atoms with Crippen molar-refractivity contribution in [3.8, 4) is 17.1 Å². The third kappa shape index (κ3) is 3.10. The molecule has 26 heavy (non-hydrogen) atoms. The summed E-state index contributed by atoms with van der Waals surface area (Å²) in [5.41, 5.74) is 2.76. The number of nitrogens with zero attached hydrogens (tertiary/aromatic N) is 4. The SMILES string of the molecule is Cc1noc(-c2ccc(C(=O)Nc3ccccc3-n3cccn3)cc2)n1. The number of benzene rings is 2. The quantitative estimate of drug-likeness (QED) is 0.612. The van der Waals surface area contributed by atoms with Crippen molar-refractivity contribution in [2.45, 2.75) is 6.92 Å². The summed E-state index contributed by atoms with van der Waals surface area (Å²) in [4.78, 5) is 16.8. The van der Waals surface area contributed by atoms with E-state index in [0.717, 1.165) is 11.3 Å². The molecule has 7 heteroatoms. The fourth-order valence-electron chi connectivity index (χ4n) is 2.56. The summed E-state index contributed by atoms with van der Waals surface area (Å²) in [6.07, 6.45) is 3.52. The van der Waals surface area contributed by atoms with E-state index >= 15 is 0 Å². The first-order valence-corrected chi connectivity index (χ1v) is 8.02. The van der Waals surface area contributed by atoms with E-state index in [1.165, 1.54) is 0 Å². The second-order valence-electron chi connectivity index (χ2n) is 5.65. The lowest BCUT2D eigenvalue weighted by atomic mass is 10.1. The van der Waals surface area contributed by atoms with Gasteiger partial charge in [0.1, 0.15) is 0 Å². The zero-order chi connectivity index (χ0) is 17.9. The highest BCUT2D eigenvalue weighted by atomic mass is 16.5. The molecule has 1 amide bonds. The summed E-state index contributed by atoms with van der Waals surface area (Å²) in [5, 5.41) is 10.9. The van der Waals surface area contributed by atoms with Crippen LogP contribution in [-0.2, 0) is 0 Å². The zero-order valence-electron chi connectivity index (χ0n) is 14.0. The molecule has 2 aromatic carbocycles. The van der Waals surface area contributed by atoms with Crippen molar-refractivity contribution in [1.82, 2.24) is 19.9 Å². The third-order valence-corrected chi connectivity index (χ3v) is 3.83. The Balaban J connectivity index is 1.56. The van der Waals surface area contributed by atoms with Crippen molar-refractivity contribution in [3.63, 3.8) is 0 Å². The number of hydrogen-bond donors (Lipinski definition) is 1. The highest BCUT2D eigenvalue weighted by Crippen LogP contribution is 2.21.